The molecule has 0 aliphatic heterocycles. The molecule has 0 spiro atoms. The zero-order valence-corrected chi connectivity index (χ0v) is 25.1. The summed E-state index contributed by atoms with van der Waals surface area (Å²) in [6, 6.07) is 33.6. The van der Waals surface area contributed by atoms with E-state index in [9.17, 15) is 0 Å². The van der Waals surface area contributed by atoms with Gasteiger partial charge in [-0.1, -0.05) is 95.1 Å². The van der Waals surface area contributed by atoms with Gasteiger partial charge < -0.3 is 9.47 Å². The molecule has 0 aliphatic carbocycles. The Morgan fingerprint density at radius 1 is 0.476 bits per heavy atom. The molecule has 0 N–H and O–H groups in total. The molecule has 0 aromatic heterocycles. The Hall–Kier alpha value is -4.96. The monoisotopic (exact) mass is 552 g/mol. The first-order chi connectivity index (χ1) is 20.3. The topological polar surface area (TPSA) is 43.2 Å². The van der Waals surface area contributed by atoms with E-state index in [1.165, 1.54) is 44.5 Å². The molecule has 0 fully saturated rings. The van der Waals surface area contributed by atoms with Gasteiger partial charge in [0.2, 0.25) is 0 Å². The first-order valence-corrected chi connectivity index (χ1v) is 14.0. The summed E-state index contributed by atoms with van der Waals surface area (Å²) in [6.45, 7) is 8.50. The van der Waals surface area contributed by atoms with E-state index < -0.39 is 0 Å². The molecule has 5 aromatic carbocycles. The highest BCUT2D eigenvalue weighted by Crippen LogP contribution is 2.35. The number of rotatable bonds is 8. The molecule has 210 valence electrons. The van der Waals surface area contributed by atoms with Gasteiger partial charge in [-0.25, -0.2) is 0 Å². The van der Waals surface area contributed by atoms with E-state index in [1.54, 1.807) is 20.4 Å². The van der Waals surface area contributed by atoms with E-state index in [2.05, 4.69) is 100 Å². The molecule has 4 heteroatoms. The Balaban J connectivity index is 1.34. The standard InChI is InChI=1S/C38H36N2O2/c1-25-15-26(2)18-32(17-25)30-9-7-29(8-10-30)23-40-36-22-37(41-5)34(21-38(36)42-6)24-39-35-13-11-31(12-14-35)33-19-27(3)16-28(4)20-33/h7-24H,1-6H3. The smallest absolute Gasteiger partial charge is 0.145 e. The minimum atomic E-state index is 0.644. The predicted octanol–water partition coefficient (Wildman–Crippen LogP) is 9.77. The van der Waals surface area contributed by atoms with Crippen LogP contribution in [0.2, 0.25) is 0 Å². The van der Waals surface area contributed by atoms with Crippen molar-refractivity contribution in [1.82, 2.24) is 0 Å². The highest BCUT2D eigenvalue weighted by atomic mass is 16.5. The summed E-state index contributed by atoms with van der Waals surface area (Å²) in [4.78, 5) is 9.42. The molecular formula is C38H36N2O2. The molecule has 42 heavy (non-hydrogen) atoms. The first-order valence-electron chi connectivity index (χ1n) is 14.0. The molecule has 0 bridgehead atoms. The number of nitrogens with zero attached hydrogens (tertiary/aromatic N) is 2. The molecule has 0 atom stereocenters. The van der Waals surface area contributed by atoms with E-state index in [1.807, 2.05) is 30.5 Å². The van der Waals surface area contributed by atoms with Crippen LogP contribution in [0.1, 0.15) is 33.4 Å². The van der Waals surface area contributed by atoms with E-state index in [4.69, 9.17) is 19.5 Å². The summed E-state index contributed by atoms with van der Waals surface area (Å²) in [5.74, 6) is 1.31. The van der Waals surface area contributed by atoms with Gasteiger partial charge in [0, 0.05) is 24.1 Å². The third-order valence-corrected chi connectivity index (χ3v) is 7.12. The minimum Gasteiger partial charge on any atom is -0.496 e. The van der Waals surface area contributed by atoms with Crippen LogP contribution < -0.4 is 9.47 Å². The van der Waals surface area contributed by atoms with Crippen LogP contribution in [0.3, 0.4) is 0 Å². The van der Waals surface area contributed by atoms with Crippen LogP contribution in [-0.2, 0) is 0 Å². The third kappa shape index (κ3) is 6.84. The van der Waals surface area contributed by atoms with Gasteiger partial charge in [0.15, 0.2) is 0 Å². The summed E-state index contributed by atoms with van der Waals surface area (Å²) in [7, 11) is 3.29. The average molecular weight is 553 g/mol. The van der Waals surface area contributed by atoms with Gasteiger partial charge in [-0.05, 0) is 73.7 Å². The van der Waals surface area contributed by atoms with Crippen LogP contribution in [-0.4, -0.2) is 26.6 Å². The summed E-state index contributed by atoms with van der Waals surface area (Å²) >= 11 is 0. The second-order valence-electron chi connectivity index (χ2n) is 10.7. The fourth-order valence-electron chi connectivity index (χ4n) is 5.18. The molecular weight excluding hydrogens is 516 g/mol. The van der Waals surface area contributed by atoms with Gasteiger partial charge in [-0.2, -0.15) is 0 Å². The fourth-order valence-corrected chi connectivity index (χ4v) is 5.18. The molecule has 0 saturated heterocycles. The van der Waals surface area contributed by atoms with Gasteiger partial charge in [-0.3, -0.25) is 9.98 Å². The van der Waals surface area contributed by atoms with E-state index in [0.717, 1.165) is 16.8 Å². The van der Waals surface area contributed by atoms with Crippen molar-refractivity contribution in [3.63, 3.8) is 0 Å². The molecule has 0 aliphatic rings. The van der Waals surface area contributed by atoms with Crippen molar-refractivity contribution < 1.29 is 9.47 Å². The molecule has 0 radical (unpaired) electrons. The van der Waals surface area contributed by atoms with Crippen molar-refractivity contribution >= 4 is 23.8 Å². The Morgan fingerprint density at radius 2 is 0.976 bits per heavy atom. The zero-order chi connectivity index (χ0) is 29.6. The number of hydrogen-bond donors (Lipinski definition) is 0. The normalized spacial score (nSPS) is 11.4. The first kappa shape index (κ1) is 28.6. The predicted molar refractivity (Wildman–Crippen MR) is 177 cm³/mol. The van der Waals surface area contributed by atoms with E-state index in [0.29, 0.717) is 17.2 Å². The summed E-state index contributed by atoms with van der Waals surface area (Å²) in [5, 5.41) is 0. The van der Waals surface area contributed by atoms with Crippen LogP contribution in [0.25, 0.3) is 22.3 Å². The minimum absolute atomic E-state index is 0.644. The van der Waals surface area contributed by atoms with E-state index >= 15 is 0 Å². The van der Waals surface area contributed by atoms with E-state index in [-0.39, 0.29) is 0 Å². The fraction of sp³-hybridized carbons (Fsp3) is 0.158. The maximum Gasteiger partial charge on any atom is 0.145 e. The highest BCUT2D eigenvalue weighted by molar-refractivity contribution is 5.89. The number of benzene rings is 5. The van der Waals surface area contributed by atoms with Gasteiger partial charge in [0.1, 0.15) is 17.2 Å². The maximum atomic E-state index is 5.69. The second-order valence-corrected chi connectivity index (χ2v) is 10.7. The molecule has 0 saturated carbocycles. The van der Waals surface area contributed by atoms with Crippen molar-refractivity contribution in [2.24, 2.45) is 9.98 Å². The molecule has 0 unspecified atom stereocenters. The largest absolute Gasteiger partial charge is 0.496 e. The second kappa shape index (κ2) is 12.7. The molecule has 5 rings (SSSR count). The number of aliphatic imine (C=N–C) groups is 2. The lowest BCUT2D eigenvalue weighted by Crippen LogP contribution is -1.94. The number of hydrogen-bond acceptors (Lipinski definition) is 4. The zero-order valence-electron chi connectivity index (χ0n) is 25.1. The number of aryl methyl sites for hydroxylation is 4. The highest BCUT2D eigenvalue weighted by Gasteiger charge is 2.10. The van der Waals surface area contributed by atoms with Crippen molar-refractivity contribution in [3.8, 4) is 33.8 Å². The quantitative estimate of drug-likeness (QED) is 0.180. The molecule has 4 nitrogen and oxygen atoms in total. The summed E-state index contributed by atoms with van der Waals surface area (Å²) < 4.78 is 11.4. The maximum absolute atomic E-state index is 5.69. The number of ether oxygens (including phenoxy) is 2. The lowest BCUT2D eigenvalue weighted by atomic mass is 10.00. The van der Waals surface area contributed by atoms with Crippen LogP contribution in [0.5, 0.6) is 11.5 Å². The summed E-state index contributed by atoms with van der Waals surface area (Å²) in [5.41, 5.74) is 13.2. The molecule has 0 amide bonds. The van der Waals surface area contributed by atoms with Crippen molar-refractivity contribution in [2.45, 2.75) is 27.7 Å². The van der Waals surface area contributed by atoms with Crippen molar-refractivity contribution in [3.05, 3.63) is 130 Å². The number of methoxy groups -OCH3 is 2. The lowest BCUT2D eigenvalue weighted by molar-refractivity contribution is 0.404. The Labute approximate surface area is 249 Å². The van der Waals surface area contributed by atoms with Crippen LogP contribution in [0.4, 0.5) is 11.4 Å². The van der Waals surface area contributed by atoms with Gasteiger partial charge in [0.05, 0.1) is 19.9 Å². The van der Waals surface area contributed by atoms with Crippen LogP contribution >= 0.6 is 0 Å². The Kier molecular flexibility index (Phi) is 8.63. The molecule has 5 aromatic rings. The van der Waals surface area contributed by atoms with Crippen molar-refractivity contribution in [1.29, 1.82) is 0 Å². The van der Waals surface area contributed by atoms with Gasteiger partial charge >= 0.3 is 0 Å². The van der Waals surface area contributed by atoms with Crippen LogP contribution in [0, 0.1) is 27.7 Å². The van der Waals surface area contributed by atoms with Crippen molar-refractivity contribution in [2.75, 3.05) is 14.2 Å². The van der Waals surface area contributed by atoms with Crippen LogP contribution in [0.15, 0.2) is 107 Å². The third-order valence-electron chi connectivity index (χ3n) is 7.12. The summed E-state index contributed by atoms with van der Waals surface area (Å²) in [6.07, 6.45) is 3.64. The van der Waals surface area contributed by atoms with Gasteiger partial charge in [0.25, 0.3) is 0 Å². The lowest BCUT2D eigenvalue weighted by Gasteiger charge is -2.10. The van der Waals surface area contributed by atoms with Gasteiger partial charge in [-0.15, -0.1) is 0 Å². The SMILES string of the molecule is COc1cc(N=Cc2ccc(-c3cc(C)cc(C)c3)cc2)c(OC)cc1C=Nc1ccc(-c2cc(C)cc(C)c2)cc1. The Morgan fingerprint density at radius 3 is 1.48 bits per heavy atom. The average Bonchev–Trinajstić information content (AvgIpc) is 2.98. The molecule has 0 heterocycles. The Bertz CT molecular complexity index is 1590.